The van der Waals surface area contributed by atoms with Gasteiger partial charge in [0, 0.05) is 0 Å². The Hall–Kier alpha value is -1.73. The minimum absolute atomic E-state index is 0.0718. The highest BCUT2D eigenvalue weighted by Gasteiger charge is 2.37. The van der Waals surface area contributed by atoms with E-state index in [1.54, 1.807) is 0 Å². The number of alkyl halides is 6. The van der Waals surface area contributed by atoms with E-state index < -0.39 is 29.2 Å². The second kappa shape index (κ2) is 4.27. The van der Waals surface area contributed by atoms with Crippen LogP contribution >= 0.6 is 0 Å². The molecule has 0 saturated heterocycles. The lowest BCUT2D eigenvalue weighted by Gasteiger charge is -2.12. The molecule has 0 aliphatic rings. The van der Waals surface area contributed by atoms with E-state index in [4.69, 9.17) is 0 Å². The molecule has 2 nitrogen and oxygen atoms in total. The second-order valence-electron chi connectivity index (χ2n) is 2.93. The summed E-state index contributed by atoms with van der Waals surface area (Å²) >= 11 is 0. The number of halogens is 6. The Morgan fingerprint density at radius 2 is 1.29 bits per heavy atom. The minimum Gasteiger partial charge on any atom is -0.418 e. The Bertz CT molecular complexity index is 388. The zero-order valence-electron chi connectivity index (χ0n) is 7.82. The van der Waals surface area contributed by atoms with Gasteiger partial charge in [-0.2, -0.15) is 26.3 Å². The molecule has 0 heterocycles. The first-order chi connectivity index (χ1) is 7.64. The van der Waals surface area contributed by atoms with Crippen LogP contribution < -0.4 is 4.74 Å². The molecule has 0 aliphatic carbocycles. The van der Waals surface area contributed by atoms with Gasteiger partial charge in [-0.25, -0.2) is 4.79 Å². The van der Waals surface area contributed by atoms with Crippen LogP contribution in [0.15, 0.2) is 18.2 Å². The lowest BCUT2D eigenvalue weighted by Crippen LogP contribution is -2.11. The average Bonchev–Trinajstić information content (AvgIpc) is 2.15. The molecular formula is C9H3F6O2. The number of ether oxygens (including phenoxy) is 1. The van der Waals surface area contributed by atoms with E-state index in [9.17, 15) is 31.1 Å². The summed E-state index contributed by atoms with van der Waals surface area (Å²) in [5, 5.41) is 0. The first kappa shape index (κ1) is 13.3. The van der Waals surface area contributed by atoms with Crippen molar-refractivity contribution < 1.29 is 35.9 Å². The summed E-state index contributed by atoms with van der Waals surface area (Å²) in [5.41, 5.74) is -3.12. The smallest absolute Gasteiger partial charge is 0.418 e. The van der Waals surface area contributed by atoms with Crippen molar-refractivity contribution in [3.8, 4) is 5.75 Å². The van der Waals surface area contributed by atoms with Crippen LogP contribution in [0.5, 0.6) is 5.75 Å². The van der Waals surface area contributed by atoms with Crippen molar-refractivity contribution in [3.63, 3.8) is 0 Å². The number of carbonyl (C=O) groups excluding carboxylic acids is 1. The van der Waals surface area contributed by atoms with E-state index in [1.165, 1.54) is 0 Å². The molecule has 0 unspecified atom stereocenters. The highest BCUT2D eigenvalue weighted by atomic mass is 19.4. The maximum Gasteiger partial charge on any atom is 0.423 e. The van der Waals surface area contributed by atoms with Crippen LogP contribution in [0, 0.1) is 0 Å². The summed E-state index contributed by atoms with van der Waals surface area (Å²) in [7, 11) is 0. The lowest BCUT2D eigenvalue weighted by atomic mass is 10.1. The van der Waals surface area contributed by atoms with Gasteiger partial charge >= 0.3 is 18.8 Å². The first-order valence-corrected chi connectivity index (χ1v) is 3.98. The van der Waals surface area contributed by atoms with Crippen LogP contribution in [-0.4, -0.2) is 6.47 Å². The second-order valence-corrected chi connectivity index (χ2v) is 2.93. The van der Waals surface area contributed by atoms with Gasteiger partial charge in [-0.15, -0.1) is 0 Å². The molecule has 1 rings (SSSR count). The normalized spacial score (nSPS) is 12.4. The molecule has 93 valence electrons. The van der Waals surface area contributed by atoms with Crippen LogP contribution in [0.3, 0.4) is 0 Å². The lowest BCUT2D eigenvalue weighted by molar-refractivity contribution is -0.143. The van der Waals surface area contributed by atoms with Gasteiger partial charge in [-0.1, -0.05) is 0 Å². The highest BCUT2D eigenvalue weighted by Crippen LogP contribution is 2.37. The SMILES string of the molecule is O=[C]Oc1cc(C(F)(F)F)cc(C(F)(F)F)c1. The quantitative estimate of drug-likeness (QED) is 0.760. The molecule has 1 aromatic rings. The van der Waals surface area contributed by atoms with E-state index in [0.29, 0.717) is 0 Å². The minimum atomic E-state index is -4.97. The number of benzene rings is 1. The molecule has 8 heteroatoms. The maximum atomic E-state index is 12.3. The van der Waals surface area contributed by atoms with Crippen LogP contribution in [0.2, 0.25) is 0 Å². The molecule has 0 atom stereocenters. The van der Waals surface area contributed by atoms with Crippen molar-refractivity contribution >= 4 is 6.47 Å². The van der Waals surface area contributed by atoms with E-state index in [-0.39, 0.29) is 18.2 Å². The van der Waals surface area contributed by atoms with Crippen molar-refractivity contribution in [2.45, 2.75) is 12.4 Å². The van der Waals surface area contributed by atoms with E-state index in [0.717, 1.165) is 6.47 Å². The third-order valence-corrected chi connectivity index (χ3v) is 1.72. The summed E-state index contributed by atoms with van der Waals surface area (Å²) in [6, 6.07) is 0.484. The van der Waals surface area contributed by atoms with E-state index in [2.05, 4.69) is 4.74 Å². The molecule has 0 fully saturated rings. The van der Waals surface area contributed by atoms with Gasteiger partial charge in [0.2, 0.25) is 0 Å². The third kappa shape index (κ3) is 3.36. The van der Waals surface area contributed by atoms with Crippen molar-refractivity contribution in [1.82, 2.24) is 0 Å². The monoisotopic (exact) mass is 257 g/mol. The van der Waals surface area contributed by atoms with Crippen LogP contribution in [-0.2, 0) is 17.1 Å². The van der Waals surface area contributed by atoms with Gasteiger partial charge in [-0.05, 0) is 18.2 Å². The predicted octanol–water partition coefficient (Wildman–Crippen LogP) is 3.17. The van der Waals surface area contributed by atoms with Crippen LogP contribution in [0.1, 0.15) is 11.1 Å². The molecule has 0 bridgehead atoms. The Labute approximate surface area is 90.8 Å². The van der Waals surface area contributed by atoms with Crippen molar-refractivity contribution in [1.29, 1.82) is 0 Å². The Kier molecular flexibility index (Phi) is 3.35. The Morgan fingerprint density at radius 1 is 0.882 bits per heavy atom. The first-order valence-electron chi connectivity index (χ1n) is 3.98. The van der Waals surface area contributed by atoms with Gasteiger partial charge in [0.1, 0.15) is 5.75 Å². The topological polar surface area (TPSA) is 26.3 Å². The van der Waals surface area contributed by atoms with Gasteiger partial charge < -0.3 is 4.74 Å². The van der Waals surface area contributed by atoms with Crippen LogP contribution in [0.4, 0.5) is 26.3 Å². The summed E-state index contributed by atoms with van der Waals surface area (Å²) in [5.74, 6) is -0.873. The zero-order valence-corrected chi connectivity index (χ0v) is 7.82. The fourth-order valence-electron chi connectivity index (χ4n) is 1.03. The van der Waals surface area contributed by atoms with E-state index >= 15 is 0 Å². The molecular weight excluding hydrogens is 254 g/mol. The van der Waals surface area contributed by atoms with Crippen LogP contribution in [0.25, 0.3) is 0 Å². The molecule has 0 N–H and O–H groups in total. The van der Waals surface area contributed by atoms with E-state index in [1.807, 2.05) is 0 Å². The largest absolute Gasteiger partial charge is 0.423 e. The van der Waals surface area contributed by atoms with Gasteiger partial charge in [0.25, 0.3) is 0 Å². The highest BCUT2D eigenvalue weighted by molar-refractivity contribution is 5.48. The van der Waals surface area contributed by atoms with Gasteiger partial charge in [0.15, 0.2) is 0 Å². The molecule has 0 aromatic heterocycles. The molecule has 0 amide bonds. The molecule has 0 saturated carbocycles. The Morgan fingerprint density at radius 3 is 1.59 bits per heavy atom. The molecule has 1 aromatic carbocycles. The summed E-state index contributed by atoms with van der Waals surface area (Å²) < 4.78 is 77.4. The fraction of sp³-hybridized carbons (Fsp3) is 0.222. The molecule has 0 aliphatic heterocycles. The molecule has 0 spiro atoms. The fourth-order valence-corrected chi connectivity index (χ4v) is 1.03. The summed E-state index contributed by atoms with van der Waals surface area (Å²) in [6.07, 6.45) is -9.94. The van der Waals surface area contributed by atoms with Crippen molar-refractivity contribution in [3.05, 3.63) is 29.3 Å². The molecule has 1 radical (unpaired) electrons. The molecule has 17 heavy (non-hydrogen) atoms. The summed E-state index contributed by atoms with van der Waals surface area (Å²) in [6.45, 7) is 0.757. The maximum absolute atomic E-state index is 12.3. The third-order valence-electron chi connectivity index (χ3n) is 1.72. The predicted molar refractivity (Wildman–Crippen MR) is 42.8 cm³/mol. The standard InChI is InChI=1S/C9H3F6O2/c10-8(11,12)5-1-6(9(13,14)15)3-7(2-5)17-4-16/h1-3H. The number of hydrogen-bond donors (Lipinski definition) is 0. The number of rotatable bonds is 2. The van der Waals surface area contributed by atoms with Crippen molar-refractivity contribution in [2.75, 3.05) is 0 Å². The van der Waals surface area contributed by atoms with Crippen molar-refractivity contribution in [2.24, 2.45) is 0 Å². The Balaban J connectivity index is 3.34. The zero-order chi connectivity index (χ0) is 13.3. The van der Waals surface area contributed by atoms with Gasteiger partial charge in [-0.3, -0.25) is 0 Å². The summed E-state index contributed by atoms with van der Waals surface area (Å²) in [4.78, 5) is 9.79. The van der Waals surface area contributed by atoms with Gasteiger partial charge in [0.05, 0.1) is 11.1 Å². The number of hydrogen-bond acceptors (Lipinski definition) is 2. The average molecular weight is 257 g/mol.